The van der Waals surface area contributed by atoms with E-state index >= 15 is 0 Å². The predicted molar refractivity (Wildman–Crippen MR) is 144 cm³/mol. The Morgan fingerprint density at radius 3 is 2.29 bits per heavy atom. The van der Waals surface area contributed by atoms with Crippen LogP contribution in [0.1, 0.15) is 27.2 Å². The van der Waals surface area contributed by atoms with Gasteiger partial charge < -0.3 is 26.5 Å². The van der Waals surface area contributed by atoms with Crippen molar-refractivity contribution in [2.45, 2.75) is 25.2 Å². The zero-order chi connectivity index (χ0) is 30.3. The minimum Gasteiger partial charge on any atom is -0.475 e. The van der Waals surface area contributed by atoms with Gasteiger partial charge >= 0.3 is 12.1 Å². The van der Waals surface area contributed by atoms with Crippen LogP contribution >= 0.6 is 0 Å². The molecule has 0 radical (unpaired) electrons. The van der Waals surface area contributed by atoms with Crippen LogP contribution in [0.25, 0.3) is 10.9 Å². The minimum absolute atomic E-state index is 0.0178. The van der Waals surface area contributed by atoms with Crippen LogP contribution in [-0.2, 0) is 29.6 Å². The third kappa shape index (κ3) is 8.14. The number of carboxylic acids is 1. The molecule has 0 fully saturated rings. The first-order chi connectivity index (χ1) is 19.3. The number of primary amides is 1. The van der Waals surface area contributed by atoms with Gasteiger partial charge in [0.05, 0.1) is 0 Å². The fourth-order valence-corrected chi connectivity index (χ4v) is 4.05. The summed E-state index contributed by atoms with van der Waals surface area (Å²) in [6.07, 6.45) is -1.02. The molecule has 0 aliphatic carbocycles. The van der Waals surface area contributed by atoms with E-state index < -0.39 is 24.1 Å². The number of nitrogens with two attached hydrogens (primary N) is 2. The van der Waals surface area contributed by atoms with Crippen molar-refractivity contribution in [2.75, 3.05) is 0 Å². The second kappa shape index (κ2) is 12.8. The van der Waals surface area contributed by atoms with Crippen LogP contribution in [0.5, 0.6) is 0 Å². The van der Waals surface area contributed by atoms with Crippen LogP contribution < -0.4 is 21.4 Å². The molecular weight excluding hydrogens is 541 g/mol. The zero-order valence-electron chi connectivity index (χ0n) is 21.9. The summed E-state index contributed by atoms with van der Waals surface area (Å²) in [5, 5.41) is 18.6. The van der Waals surface area contributed by atoms with Crippen LogP contribution in [0.2, 0.25) is 0 Å². The fourth-order valence-electron chi connectivity index (χ4n) is 4.05. The number of aryl methyl sites for hydroxylation is 1. The van der Waals surface area contributed by atoms with E-state index in [-0.39, 0.29) is 18.2 Å². The molecule has 0 bridgehead atoms. The molecule has 0 aliphatic rings. The van der Waals surface area contributed by atoms with E-state index in [2.05, 4.69) is 5.32 Å². The number of carboxylic acid groups (broad SMARTS) is 1. The molecular formula is C28H28F3N6O4+. The molecule has 2 aromatic heterocycles. The number of fused-ring (bicyclic) bond motifs is 1. The Balaban J connectivity index is 0.000000587. The standard InChI is InChI=1S/C26H26N6O2.C2HF3O2/c1-31-11-5-7-18(15-31)13-21(25(29)33)30-26(34)23-14-19-8-2-3-10-22(19)32(23)16-17-6-4-9-20(12-17)24(27)28;3-2(4,5)1(6)7/h2-12,14-15,21H,13,16H2,1H3,(H5-,27,28,29,30,33,34);(H,6,7)/p+1. The van der Waals surface area contributed by atoms with E-state index in [0.717, 1.165) is 22.0 Å². The Morgan fingerprint density at radius 2 is 1.68 bits per heavy atom. The molecule has 0 saturated carbocycles. The smallest absolute Gasteiger partial charge is 0.475 e. The number of nitrogens with zero attached hydrogens (tertiary/aromatic N) is 2. The molecule has 4 aromatic rings. The number of alkyl halides is 3. The second-order valence-corrected chi connectivity index (χ2v) is 9.10. The van der Waals surface area contributed by atoms with Gasteiger partial charge in [0.2, 0.25) is 5.91 Å². The van der Waals surface area contributed by atoms with Gasteiger partial charge in [-0.05, 0) is 29.8 Å². The maximum Gasteiger partial charge on any atom is 0.490 e. The third-order valence-electron chi connectivity index (χ3n) is 5.95. The Hall–Kier alpha value is -5.20. The maximum absolute atomic E-state index is 13.4. The number of halogens is 3. The molecule has 0 spiro atoms. The number of nitrogens with one attached hydrogen (secondary N) is 2. The summed E-state index contributed by atoms with van der Waals surface area (Å²) in [5.41, 5.74) is 15.0. The molecule has 1 unspecified atom stereocenters. The van der Waals surface area contributed by atoms with Crippen molar-refractivity contribution < 1.29 is 37.2 Å². The van der Waals surface area contributed by atoms with E-state index in [4.69, 9.17) is 26.8 Å². The Labute approximate surface area is 232 Å². The monoisotopic (exact) mass is 569 g/mol. The highest BCUT2D eigenvalue weighted by Gasteiger charge is 2.38. The second-order valence-electron chi connectivity index (χ2n) is 9.10. The molecule has 0 saturated heterocycles. The first-order valence-corrected chi connectivity index (χ1v) is 12.1. The van der Waals surface area contributed by atoms with Gasteiger partial charge in [-0.15, -0.1) is 0 Å². The summed E-state index contributed by atoms with van der Waals surface area (Å²) in [6, 6.07) is 19.8. The summed E-state index contributed by atoms with van der Waals surface area (Å²) in [5.74, 6) is -3.76. The number of hydrogen-bond acceptors (Lipinski definition) is 4. The van der Waals surface area contributed by atoms with Crippen molar-refractivity contribution in [3.8, 4) is 0 Å². The summed E-state index contributed by atoms with van der Waals surface area (Å²) in [7, 11) is 1.89. The van der Waals surface area contributed by atoms with Gasteiger partial charge in [0.25, 0.3) is 5.91 Å². The number of amides is 2. The van der Waals surface area contributed by atoms with Gasteiger partial charge in [-0.25, -0.2) is 9.36 Å². The predicted octanol–water partition coefficient (Wildman–Crippen LogP) is 2.26. The quantitative estimate of drug-likeness (QED) is 0.124. The number of aromatic nitrogens is 2. The van der Waals surface area contributed by atoms with E-state index in [0.29, 0.717) is 17.8 Å². The lowest BCUT2D eigenvalue weighted by atomic mass is 10.1. The highest BCUT2D eigenvalue weighted by molar-refractivity contribution is 6.01. The average molecular weight is 570 g/mol. The van der Waals surface area contributed by atoms with Crippen LogP contribution in [0, 0.1) is 5.41 Å². The van der Waals surface area contributed by atoms with E-state index in [9.17, 15) is 22.8 Å². The number of nitrogen functional groups attached to an aromatic ring is 1. The van der Waals surface area contributed by atoms with Crippen LogP contribution in [0.15, 0.2) is 79.1 Å². The Morgan fingerprint density at radius 1 is 1.02 bits per heavy atom. The third-order valence-corrected chi connectivity index (χ3v) is 5.95. The lowest BCUT2D eigenvalue weighted by Gasteiger charge is -2.17. The topological polar surface area (TPSA) is 168 Å². The molecule has 13 heteroatoms. The number of pyridine rings is 1. The zero-order valence-corrected chi connectivity index (χ0v) is 21.9. The van der Waals surface area contributed by atoms with Gasteiger partial charge in [0.15, 0.2) is 12.4 Å². The number of amidine groups is 1. The van der Waals surface area contributed by atoms with Crippen molar-refractivity contribution in [3.05, 3.63) is 102 Å². The highest BCUT2D eigenvalue weighted by Crippen LogP contribution is 2.22. The minimum atomic E-state index is -5.08. The summed E-state index contributed by atoms with van der Waals surface area (Å²) < 4.78 is 35.5. The number of aliphatic carboxylic acids is 1. The molecule has 10 nitrogen and oxygen atoms in total. The van der Waals surface area contributed by atoms with E-state index in [1.54, 1.807) is 12.1 Å². The van der Waals surface area contributed by atoms with E-state index in [1.165, 1.54) is 0 Å². The first kappa shape index (κ1) is 30.3. The largest absolute Gasteiger partial charge is 0.490 e. The number of hydrogen-bond donors (Lipinski definition) is 5. The maximum atomic E-state index is 13.4. The lowest BCUT2D eigenvalue weighted by Crippen LogP contribution is -2.46. The molecule has 2 aromatic carbocycles. The van der Waals surface area contributed by atoms with Crippen LogP contribution in [0.4, 0.5) is 13.2 Å². The van der Waals surface area contributed by atoms with Gasteiger partial charge in [0.1, 0.15) is 24.6 Å². The average Bonchev–Trinajstić information content (AvgIpc) is 3.26. The summed E-state index contributed by atoms with van der Waals surface area (Å²) in [6.45, 7) is 0.396. The number of carbonyl (C=O) groups excluding carboxylic acids is 2. The molecule has 2 heterocycles. The molecule has 41 heavy (non-hydrogen) atoms. The number of carbonyl (C=O) groups is 3. The van der Waals surface area contributed by atoms with Crippen molar-refractivity contribution in [1.82, 2.24) is 9.88 Å². The molecule has 2 amide bonds. The SMILES string of the molecule is C[n+]1cccc(CC(NC(=O)c2cc3ccccc3n2Cc2cccc(C(=N)N)c2)C(N)=O)c1.O=C(O)C(F)(F)F. The molecule has 214 valence electrons. The van der Waals surface area contributed by atoms with Gasteiger partial charge in [-0.2, -0.15) is 13.2 Å². The Kier molecular flexibility index (Phi) is 9.45. The first-order valence-electron chi connectivity index (χ1n) is 12.1. The van der Waals surface area contributed by atoms with Crippen molar-refractivity contribution in [2.24, 2.45) is 18.5 Å². The molecule has 1 atom stereocenters. The van der Waals surface area contributed by atoms with Crippen molar-refractivity contribution in [3.63, 3.8) is 0 Å². The van der Waals surface area contributed by atoms with Gasteiger partial charge in [-0.3, -0.25) is 15.0 Å². The van der Waals surface area contributed by atoms with Gasteiger partial charge in [-0.1, -0.05) is 36.4 Å². The molecule has 0 aliphatic heterocycles. The normalized spacial score (nSPS) is 11.7. The molecule has 7 N–H and O–H groups in total. The number of benzene rings is 2. The van der Waals surface area contributed by atoms with Crippen LogP contribution in [-0.4, -0.2) is 45.5 Å². The summed E-state index contributed by atoms with van der Waals surface area (Å²) in [4.78, 5) is 34.4. The summed E-state index contributed by atoms with van der Waals surface area (Å²) >= 11 is 0. The number of para-hydroxylation sites is 1. The van der Waals surface area contributed by atoms with Crippen molar-refractivity contribution in [1.29, 1.82) is 5.41 Å². The fraction of sp³-hybridized carbons (Fsp3) is 0.179. The lowest BCUT2D eigenvalue weighted by molar-refractivity contribution is -0.671. The van der Waals surface area contributed by atoms with E-state index in [1.807, 2.05) is 83.2 Å². The molecule has 4 rings (SSSR count). The highest BCUT2D eigenvalue weighted by atomic mass is 19.4. The van der Waals surface area contributed by atoms with Crippen LogP contribution in [0.3, 0.4) is 0 Å². The Bertz CT molecular complexity index is 1600. The van der Waals surface area contributed by atoms with Gasteiger partial charge in [0, 0.05) is 41.1 Å². The number of rotatable bonds is 8. The van der Waals surface area contributed by atoms with Crippen molar-refractivity contribution >= 4 is 34.5 Å².